The lowest BCUT2D eigenvalue weighted by Gasteiger charge is -2.10. The number of ether oxygens (including phenoxy) is 3. The van der Waals surface area contributed by atoms with E-state index in [9.17, 15) is 14.0 Å². The Morgan fingerprint density at radius 2 is 1.75 bits per heavy atom. The third-order valence-corrected chi connectivity index (χ3v) is 3.31. The molecule has 2 rings (SSSR count). The summed E-state index contributed by atoms with van der Waals surface area (Å²) in [5, 5.41) is -0.0382. The third-order valence-electron chi connectivity index (χ3n) is 3.01. The summed E-state index contributed by atoms with van der Waals surface area (Å²) in [7, 11) is 1.53. The van der Waals surface area contributed by atoms with E-state index >= 15 is 0 Å². The fourth-order valence-electron chi connectivity index (χ4n) is 1.86. The summed E-state index contributed by atoms with van der Waals surface area (Å²) >= 11 is 5.94. The van der Waals surface area contributed by atoms with Crippen molar-refractivity contribution < 1.29 is 28.2 Å². The van der Waals surface area contributed by atoms with Gasteiger partial charge in [0.05, 0.1) is 24.3 Å². The van der Waals surface area contributed by atoms with Crippen molar-refractivity contribution in [2.45, 2.75) is 6.92 Å². The normalized spacial score (nSPS) is 10.2. The highest BCUT2D eigenvalue weighted by molar-refractivity contribution is 6.41. The van der Waals surface area contributed by atoms with Crippen molar-refractivity contribution in [3.63, 3.8) is 0 Å². The summed E-state index contributed by atoms with van der Waals surface area (Å²) in [4.78, 5) is 23.4. The molecule has 0 fully saturated rings. The fourth-order valence-corrected chi connectivity index (χ4v) is 2.05. The predicted octanol–water partition coefficient (Wildman–Crippen LogP) is 4.03. The standard InChI is InChI=1S/C17H14ClFO5/c1-3-23-17(21)16(20)12-8-15(13(18)9-14(12)19)24-11-6-4-10(22-2)5-7-11/h4-9H,3H2,1-2H3. The van der Waals surface area contributed by atoms with Crippen molar-refractivity contribution in [2.75, 3.05) is 13.7 Å². The van der Waals surface area contributed by atoms with Crippen molar-refractivity contribution in [3.05, 3.63) is 52.8 Å². The average Bonchev–Trinajstić information content (AvgIpc) is 2.57. The molecule has 2 aromatic rings. The molecule has 0 heterocycles. The van der Waals surface area contributed by atoms with Gasteiger partial charge in [-0.15, -0.1) is 0 Å². The van der Waals surface area contributed by atoms with E-state index < -0.39 is 23.1 Å². The largest absolute Gasteiger partial charge is 0.497 e. The van der Waals surface area contributed by atoms with E-state index in [0.717, 1.165) is 12.1 Å². The zero-order chi connectivity index (χ0) is 17.7. The maximum atomic E-state index is 13.9. The first kappa shape index (κ1) is 17.7. The highest BCUT2D eigenvalue weighted by Crippen LogP contribution is 2.32. The van der Waals surface area contributed by atoms with E-state index in [2.05, 4.69) is 4.74 Å². The van der Waals surface area contributed by atoms with Crippen LogP contribution in [0.4, 0.5) is 4.39 Å². The molecule has 126 valence electrons. The molecule has 0 saturated heterocycles. The predicted molar refractivity (Wildman–Crippen MR) is 85.4 cm³/mol. The SMILES string of the molecule is CCOC(=O)C(=O)c1cc(Oc2ccc(OC)cc2)c(Cl)cc1F. The Kier molecular flexibility index (Phi) is 5.76. The number of hydrogen-bond donors (Lipinski definition) is 0. The molecule has 0 radical (unpaired) electrons. The zero-order valence-corrected chi connectivity index (χ0v) is 13.7. The first-order valence-electron chi connectivity index (χ1n) is 6.98. The molecule has 0 N–H and O–H groups in total. The minimum atomic E-state index is -1.14. The number of methoxy groups -OCH3 is 1. The lowest BCUT2D eigenvalue weighted by molar-refractivity contribution is -0.137. The number of ketones is 1. The second-order valence-corrected chi connectivity index (χ2v) is 5.00. The van der Waals surface area contributed by atoms with E-state index in [4.69, 9.17) is 21.1 Å². The van der Waals surface area contributed by atoms with Gasteiger partial charge in [0.2, 0.25) is 0 Å². The Labute approximate surface area is 142 Å². The van der Waals surface area contributed by atoms with Gasteiger partial charge in [0.15, 0.2) is 0 Å². The van der Waals surface area contributed by atoms with Crippen LogP contribution in [-0.4, -0.2) is 25.5 Å². The second-order valence-electron chi connectivity index (χ2n) is 4.59. The topological polar surface area (TPSA) is 61.8 Å². The van der Waals surface area contributed by atoms with Crippen molar-refractivity contribution in [3.8, 4) is 17.2 Å². The van der Waals surface area contributed by atoms with Crippen LogP contribution in [-0.2, 0) is 9.53 Å². The monoisotopic (exact) mass is 352 g/mol. The molecule has 24 heavy (non-hydrogen) atoms. The molecule has 0 atom stereocenters. The van der Waals surface area contributed by atoms with Crippen LogP contribution in [0.2, 0.25) is 5.02 Å². The van der Waals surface area contributed by atoms with Crippen molar-refractivity contribution in [1.29, 1.82) is 0 Å². The molecule has 0 amide bonds. The number of carbonyl (C=O) groups excluding carboxylic acids is 2. The number of Topliss-reactive ketones (excluding diaryl/α,β-unsaturated/α-hetero) is 1. The van der Waals surface area contributed by atoms with E-state index in [0.29, 0.717) is 11.5 Å². The van der Waals surface area contributed by atoms with Crippen LogP contribution in [0.1, 0.15) is 17.3 Å². The van der Waals surface area contributed by atoms with Gasteiger partial charge < -0.3 is 14.2 Å². The number of carbonyl (C=O) groups is 2. The number of hydrogen-bond acceptors (Lipinski definition) is 5. The van der Waals surface area contributed by atoms with E-state index in [-0.39, 0.29) is 17.4 Å². The Morgan fingerprint density at radius 3 is 2.33 bits per heavy atom. The van der Waals surface area contributed by atoms with Gasteiger partial charge in [0.25, 0.3) is 5.78 Å². The van der Waals surface area contributed by atoms with E-state index in [1.165, 1.54) is 7.11 Å². The van der Waals surface area contributed by atoms with Crippen molar-refractivity contribution >= 4 is 23.4 Å². The smallest absolute Gasteiger partial charge is 0.379 e. The van der Waals surface area contributed by atoms with Crippen LogP contribution >= 0.6 is 11.6 Å². The molecule has 0 unspecified atom stereocenters. The molecule has 0 aliphatic heterocycles. The third kappa shape index (κ3) is 4.02. The maximum Gasteiger partial charge on any atom is 0.379 e. The second kappa shape index (κ2) is 7.79. The number of benzene rings is 2. The van der Waals surface area contributed by atoms with Crippen LogP contribution < -0.4 is 9.47 Å². The summed E-state index contributed by atoms with van der Waals surface area (Å²) in [5.74, 6) is -2.11. The summed E-state index contributed by atoms with van der Waals surface area (Å²) in [5.41, 5.74) is -0.471. The maximum absolute atomic E-state index is 13.9. The number of esters is 1. The Morgan fingerprint density at radius 1 is 1.12 bits per heavy atom. The molecule has 5 nitrogen and oxygen atoms in total. The van der Waals surface area contributed by atoms with Crippen molar-refractivity contribution in [2.24, 2.45) is 0 Å². The lowest BCUT2D eigenvalue weighted by Crippen LogP contribution is -2.18. The highest BCUT2D eigenvalue weighted by Gasteiger charge is 2.23. The molecule has 0 aromatic heterocycles. The van der Waals surface area contributed by atoms with Gasteiger partial charge in [-0.3, -0.25) is 4.79 Å². The molecule has 0 aliphatic rings. The first-order chi connectivity index (χ1) is 11.5. The minimum Gasteiger partial charge on any atom is -0.497 e. The molecule has 0 aliphatic carbocycles. The van der Waals surface area contributed by atoms with Gasteiger partial charge in [0.1, 0.15) is 23.1 Å². The Hall–Kier alpha value is -2.60. The number of halogens is 2. The average molecular weight is 353 g/mol. The molecule has 0 saturated carbocycles. The van der Waals surface area contributed by atoms with Gasteiger partial charge in [-0.1, -0.05) is 11.6 Å². The summed E-state index contributed by atoms with van der Waals surface area (Å²) in [6.07, 6.45) is 0. The van der Waals surface area contributed by atoms with Crippen LogP contribution in [0.15, 0.2) is 36.4 Å². The van der Waals surface area contributed by atoms with Crippen LogP contribution in [0, 0.1) is 5.82 Å². The molecule has 0 bridgehead atoms. The van der Waals surface area contributed by atoms with Gasteiger partial charge >= 0.3 is 5.97 Å². The molecule has 7 heteroatoms. The van der Waals surface area contributed by atoms with Crippen molar-refractivity contribution in [1.82, 2.24) is 0 Å². The van der Waals surface area contributed by atoms with Gasteiger partial charge in [-0.25, -0.2) is 9.18 Å². The van der Waals surface area contributed by atoms with E-state index in [1.54, 1.807) is 31.2 Å². The molecular formula is C17H14ClFO5. The van der Waals surface area contributed by atoms with Crippen LogP contribution in [0.5, 0.6) is 17.2 Å². The van der Waals surface area contributed by atoms with Crippen LogP contribution in [0.3, 0.4) is 0 Å². The summed E-state index contributed by atoms with van der Waals surface area (Å²) in [6.45, 7) is 1.55. The van der Waals surface area contributed by atoms with Gasteiger partial charge in [0, 0.05) is 0 Å². The molecular weight excluding hydrogens is 339 g/mol. The quantitative estimate of drug-likeness (QED) is 0.446. The zero-order valence-electron chi connectivity index (χ0n) is 13.0. The molecule has 0 spiro atoms. The van der Waals surface area contributed by atoms with E-state index in [1.807, 2.05) is 0 Å². The summed E-state index contributed by atoms with van der Waals surface area (Å²) < 4.78 is 29.1. The highest BCUT2D eigenvalue weighted by atomic mass is 35.5. The van der Waals surface area contributed by atoms with Gasteiger partial charge in [-0.05, 0) is 43.3 Å². The Bertz CT molecular complexity index is 758. The van der Waals surface area contributed by atoms with Crippen LogP contribution in [0.25, 0.3) is 0 Å². The van der Waals surface area contributed by atoms with Gasteiger partial charge in [-0.2, -0.15) is 0 Å². The molecule has 2 aromatic carbocycles. The Balaban J connectivity index is 2.31. The first-order valence-corrected chi connectivity index (χ1v) is 7.36. The summed E-state index contributed by atoms with van der Waals surface area (Å²) in [6, 6.07) is 8.54. The lowest BCUT2D eigenvalue weighted by atomic mass is 10.1. The fraction of sp³-hybridized carbons (Fsp3) is 0.176. The number of rotatable bonds is 6. The minimum absolute atomic E-state index is 0.00892.